The van der Waals surface area contributed by atoms with Gasteiger partial charge in [-0.2, -0.15) is 45.9 Å². The van der Waals surface area contributed by atoms with Crippen molar-refractivity contribution in [2.24, 2.45) is 0 Å². The Hall–Kier alpha value is -2.07. The molecule has 0 amide bonds. The van der Waals surface area contributed by atoms with Crippen molar-refractivity contribution < 1.29 is 26.3 Å². The van der Waals surface area contributed by atoms with Crippen LogP contribution in [-0.4, -0.2) is 19.6 Å². The van der Waals surface area contributed by atoms with Crippen molar-refractivity contribution >= 4 is 29.0 Å². The molecule has 0 atom stereocenters. The molecule has 3 aromatic rings. The van der Waals surface area contributed by atoms with Crippen LogP contribution >= 0.6 is 23.2 Å². The third-order valence-electron chi connectivity index (χ3n) is 3.25. The first-order valence-electron chi connectivity index (χ1n) is 6.33. The summed E-state index contributed by atoms with van der Waals surface area (Å²) in [5.74, 6) is -0.112. The number of rotatable bonds is 1. The van der Waals surface area contributed by atoms with E-state index in [1.807, 2.05) is 0 Å². The minimum absolute atomic E-state index is 0.112. The highest BCUT2D eigenvalue weighted by Gasteiger charge is 2.38. The molecule has 0 bridgehead atoms. The first-order chi connectivity index (χ1) is 11.5. The number of benzene rings is 1. The zero-order chi connectivity index (χ0) is 18.6. The van der Waals surface area contributed by atoms with E-state index >= 15 is 0 Å². The van der Waals surface area contributed by atoms with E-state index in [0.29, 0.717) is 18.2 Å². The van der Waals surface area contributed by atoms with Crippen molar-refractivity contribution in [3.63, 3.8) is 0 Å². The predicted molar refractivity (Wildman–Crippen MR) is 76.2 cm³/mol. The van der Waals surface area contributed by atoms with Crippen LogP contribution in [-0.2, 0) is 12.4 Å². The summed E-state index contributed by atoms with van der Waals surface area (Å²) in [6.45, 7) is 0. The molecule has 25 heavy (non-hydrogen) atoms. The molecular formula is C13H4Cl2F6N4. The van der Waals surface area contributed by atoms with Crippen LogP contribution in [0.25, 0.3) is 16.9 Å². The average Bonchev–Trinajstić information content (AvgIpc) is 2.93. The van der Waals surface area contributed by atoms with Gasteiger partial charge in [0.2, 0.25) is 0 Å². The minimum Gasteiger partial charge on any atom is -0.198 e. The first-order valence-corrected chi connectivity index (χ1v) is 7.09. The maximum absolute atomic E-state index is 13.3. The van der Waals surface area contributed by atoms with Crippen molar-refractivity contribution in [2.45, 2.75) is 12.4 Å². The maximum Gasteiger partial charge on any atom is 0.417 e. The summed E-state index contributed by atoms with van der Waals surface area (Å²) < 4.78 is 79.4. The van der Waals surface area contributed by atoms with Gasteiger partial charge in [-0.1, -0.05) is 23.2 Å². The summed E-state index contributed by atoms with van der Waals surface area (Å²) in [5, 5.41) is 2.68. The molecule has 0 spiro atoms. The maximum atomic E-state index is 13.3. The molecule has 0 aliphatic heterocycles. The summed E-state index contributed by atoms with van der Waals surface area (Å²) in [6, 6.07) is 0.965. The second-order valence-electron chi connectivity index (χ2n) is 4.80. The van der Waals surface area contributed by atoms with Gasteiger partial charge in [-0.05, 0) is 18.2 Å². The minimum atomic E-state index is -4.94. The van der Waals surface area contributed by atoms with Gasteiger partial charge in [0.1, 0.15) is 16.6 Å². The van der Waals surface area contributed by atoms with Gasteiger partial charge < -0.3 is 0 Å². The van der Waals surface area contributed by atoms with Gasteiger partial charge in [0.15, 0.2) is 0 Å². The smallest absolute Gasteiger partial charge is 0.198 e. The summed E-state index contributed by atoms with van der Waals surface area (Å²) in [7, 11) is 0. The normalized spacial score (nSPS) is 12.8. The molecule has 0 saturated carbocycles. The van der Waals surface area contributed by atoms with E-state index < -0.39 is 44.9 Å². The topological polar surface area (TPSA) is 43.1 Å². The Morgan fingerprint density at radius 2 is 1.64 bits per heavy atom. The predicted octanol–water partition coefficient (Wildman–Crippen LogP) is 5.14. The van der Waals surface area contributed by atoms with Crippen molar-refractivity contribution in [1.29, 1.82) is 0 Å². The van der Waals surface area contributed by atoms with Gasteiger partial charge >= 0.3 is 12.4 Å². The van der Waals surface area contributed by atoms with E-state index in [2.05, 4.69) is 15.1 Å². The lowest BCUT2D eigenvalue weighted by Crippen LogP contribution is -2.12. The molecule has 0 fully saturated rings. The second kappa shape index (κ2) is 5.73. The van der Waals surface area contributed by atoms with Crippen LogP contribution in [0.15, 0.2) is 24.5 Å². The van der Waals surface area contributed by atoms with Gasteiger partial charge in [0.25, 0.3) is 5.78 Å². The quantitative estimate of drug-likeness (QED) is 0.419. The molecule has 0 unspecified atom stereocenters. The van der Waals surface area contributed by atoms with Gasteiger partial charge in [-0.25, -0.2) is 0 Å². The Kier molecular flexibility index (Phi) is 4.07. The molecule has 3 rings (SSSR count). The van der Waals surface area contributed by atoms with Gasteiger partial charge in [0, 0.05) is 5.56 Å². The highest BCUT2D eigenvalue weighted by atomic mass is 35.5. The molecule has 1 aromatic carbocycles. The van der Waals surface area contributed by atoms with Crippen LogP contribution in [0.2, 0.25) is 10.3 Å². The summed E-state index contributed by atoms with van der Waals surface area (Å²) in [6.07, 6.45) is -8.78. The van der Waals surface area contributed by atoms with E-state index in [1.54, 1.807) is 0 Å². The van der Waals surface area contributed by atoms with E-state index in [4.69, 9.17) is 23.2 Å². The molecule has 2 aromatic heterocycles. The standard InChI is InChI=1S/C13H4Cl2F6N4/c14-9-8(10(15)25-11(24-9)22-4-23-25)6-3-5(12(16,17)18)1-2-7(6)13(19,20)21/h1-4H. The fraction of sp³-hybridized carbons (Fsp3) is 0.154. The molecule has 0 radical (unpaired) electrons. The lowest BCUT2D eigenvalue weighted by molar-refractivity contribution is -0.141. The number of alkyl halides is 6. The van der Waals surface area contributed by atoms with Crippen LogP contribution in [0.5, 0.6) is 0 Å². The fourth-order valence-electron chi connectivity index (χ4n) is 2.18. The van der Waals surface area contributed by atoms with Crippen LogP contribution in [0.1, 0.15) is 11.1 Å². The molecule has 12 heteroatoms. The molecular weight excluding hydrogens is 397 g/mol. The van der Waals surface area contributed by atoms with Gasteiger partial charge in [-0.3, -0.25) is 0 Å². The Labute approximate surface area is 145 Å². The monoisotopic (exact) mass is 400 g/mol. The van der Waals surface area contributed by atoms with Gasteiger partial charge in [-0.15, -0.1) is 0 Å². The van der Waals surface area contributed by atoms with Crippen LogP contribution in [0, 0.1) is 0 Å². The summed E-state index contributed by atoms with van der Waals surface area (Å²) in [4.78, 5) is 7.38. The lowest BCUT2D eigenvalue weighted by Gasteiger charge is -2.17. The van der Waals surface area contributed by atoms with Crippen LogP contribution in [0.3, 0.4) is 0 Å². The Morgan fingerprint density at radius 3 is 2.24 bits per heavy atom. The van der Waals surface area contributed by atoms with E-state index in [1.165, 1.54) is 0 Å². The Morgan fingerprint density at radius 1 is 0.960 bits per heavy atom. The Balaban J connectivity index is 2.39. The lowest BCUT2D eigenvalue weighted by atomic mass is 9.98. The third kappa shape index (κ3) is 3.11. The summed E-state index contributed by atoms with van der Waals surface area (Å²) >= 11 is 11.9. The fourth-order valence-corrected chi connectivity index (χ4v) is 2.81. The first kappa shape index (κ1) is 17.7. The highest BCUT2D eigenvalue weighted by Crippen LogP contribution is 2.44. The highest BCUT2D eigenvalue weighted by molar-refractivity contribution is 6.38. The van der Waals surface area contributed by atoms with Crippen LogP contribution in [0.4, 0.5) is 26.3 Å². The van der Waals surface area contributed by atoms with Crippen molar-refractivity contribution in [1.82, 2.24) is 19.6 Å². The van der Waals surface area contributed by atoms with Gasteiger partial charge in [0.05, 0.1) is 16.7 Å². The second-order valence-corrected chi connectivity index (χ2v) is 5.51. The third-order valence-corrected chi connectivity index (χ3v) is 3.87. The van der Waals surface area contributed by atoms with Crippen molar-refractivity contribution in [3.8, 4) is 11.1 Å². The average molecular weight is 401 g/mol. The zero-order valence-electron chi connectivity index (χ0n) is 11.6. The Bertz CT molecular complexity index is 964. The largest absolute Gasteiger partial charge is 0.417 e. The van der Waals surface area contributed by atoms with Crippen LogP contribution < -0.4 is 0 Å². The zero-order valence-corrected chi connectivity index (χ0v) is 13.1. The SMILES string of the molecule is FC(F)(F)c1ccc(C(F)(F)F)c(-c2c(Cl)nc3ncnn3c2Cl)c1. The molecule has 0 aliphatic carbocycles. The van der Waals surface area contributed by atoms with Crippen molar-refractivity contribution in [2.75, 3.05) is 0 Å². The van der Waals surface area contributed by atoms with E-state index in [9.17, 15) is 26.3 Å². The number of aromatic nitrogens is 4. The number of halogens is 8. The number of hydrogen-bond donors (Lipinski definition) is 0. The molecule has 0 N–H and O–H groups in total. The molecule has 0 aliphatic rings. The number of nitrogens with zero attached hydrogens (tertiary/aromatic N) is 4. The molecule has 0 saturated heterocycles. The van der Waals surface area contributed by atoms with E-state index in [0.717, 1.165) is 10.8 Å². The van der Waals surface area contributed by atoms with E-state index in [-0.39, 0.29) is 5.78 Å². The summed E-state index contributed by atoms with van der Waals surface area (Å²) in [5.41, 5.74) is -4.02. The van der Waals surface area contributed by atoms with Crippen molar-refractivity contribution in [3.05, 3.63) is 46.0 Å². The number of hydrogen-bond acceptors (Lipinski definition) is 3. The molecule has 132 valence electrons. The number of fused-ring (bicyclic) bond motifs is 1. The molecule has 4 nitrogen and oxygen atoms in total. The molecule has 2 heterocycles.